The zero-order chi connectivity index (χ0) is 20.1. The first kappa shape index (κ1) is 19.8. The lowest BCUT2D eigenvalue weighted by Crippen LogP contribution is -2.24. The van der Waals surface area contributed by atoms with E-state index in [9.17, 15) is 13.2 Å². The van der Waals surface area contributed by atoms with Crippen molar-refractivity contribution < 1.29 is 22.5 Å². The van der Waals surface area contributed by atoms with Crippen LogP contribution in [0.5, 0.6) is 0 Å². The van der Waals surface area contributed by atoms with E-state index in [1.165, 1.54) is 12.1 Å². The Morgan fingerprint density at radius 1 is 1.11 bits per heavy atom. The maximum absolute atomic E-state index is 12.7. The predicted octanol–water partition coefficient (Wildman–Crippen LogP) is 3.13. The zero-order valence-corrected chi connectivity index (χ0v) is 16.3. The van der Waals surface area contributed by atoms with Crippen molar-refractivity contribution in [3.63, 3.8) is 0 Å². The van der Waals surface area contributed by atoms with Gasteiger partial charge < -0.3 is 9.26 Å². The topological polar surface area (TPSA) is 98.5 Å². The summed E-state index contributed by atoms with van der Waals surface area (Å²) in [5, 5.41) is 3.75. The average Bonchev–Trinajstić information content (AvgIpc) is 3.11. The van der Waals surface area contributed by atoms with Gasteiger partial charge in [0.15, 0.2) is 0 Å². The molecule has 0 bridgehead atoms. The lowest BCUT2D eigenvalue weighted by molar-refractivity contribution is 0.0464. The monoisotopic (exact) mass is 400 g/mol. The highest BCUT2D eigenvalue weighted by Crippen LogP contribution is 2.19. The first-order chi connectivity index (χ1) is 13.3. The minimum Gasteiger partial charge on any atom is -0.455 e. The number of aromatic nitrogens is 1. The lowest BCUT2D eigenvalue weighted by Gasteiger charge is -2.11. The summed E-state index contributed by atoms with van der Waals surface area (Å²) in [6.07, 6.45) is 0. The molecule has 0 fully saturated rings. The molecular weight excluding hydrogens is 380 g/mol. The number of aryl methyl sites for hydroxylation is 2. The molecule has 0 aliphatic heterocycles. The van der Waals surface area contributed by atoms with Crippen LogP contribution >= 0.6 is 0 Å². The fourth-order valence-electron chi connectivity index (χ4n) is 2.58. The number of benzene rings is 2. The van der Waals surface area contributed by atoms with Gasteiger partial charge in [-0.05, 0) is 37.1 Å². The Kier molecular flexibility index (Phi) is 5.91. The van der Waals surface area contributed by atoms with Gasteiger partial charge >= 0.3 is 5.97 Å². The van der Waals surface area contributed by atoms with Crippen molar-refractivity contribution in [3.05, 3.63) is 82.7 Å². The Balaban J connectivity index is 1.73. The van der Waals surface area contributed by atoms with Gasteiger partial charge in [-0.15, -0.1) is 0 Å². The summed E-state index contributed by atoms with van der Waals surface area (Å²) in [5.74, 6) is -0.0283. The van der Waals surface area contributed by atoms with Gasteiger partial charge in [0.25, 0.3) is 0 Å². The second-order valence-electron chi connectivity index (χ2n) is 6.30. The number of carbonyl (C=O) groups is 1. The van der Waals surface area contributed by atoms with E-state index in [1.54, 1.807) is 26.0 Å². The highest BCUT2D eigenvalue weighted by atomic mass is 32.2. The summed E-state index contributed by atoms with van der Waals surface area (Å²) in [5.41, 5.74) is 1.99. The van der Waals surface area contributed by atoms with Gasteiger partial charge in [-0.2, -0.15) is 0 Å². The molecule has 0 saturated heterocycles. The van der Waals surface area contributed by atoms with E-state index in [4.69, 9.17) is 9.26 Å². The second kappa shape index (κ2) is 8.37. The number of hydrogen-bond donors (Lipinski definition) is 1. The van der Waals surface area contributed by atoms with E-state index in [2.05, 4.69) is 9.88 Å². The van der Waals surface area contributed by atoms with E-state index < -0.39 is 16.0 Å². The second-order valence-corrected chi connectivity index (χ2v) is 8.03. The van der Waals surface area contributed by atoms with Crippen LogP contribution in [0.3, 0.4) is 0 Å². The molecule has 2 aromatic carbocycles. The molecule has 0 spiro atoms. The lowest BCUT2D eigenvalue weighted by atomic mass is 10.1. The standard InChI is InChI=1S/C20H20N2O5S/c1-14-8-9-17(20(23)26-13-18-10-15(2)27-22-18)11-19(14)28(24,25)21-12-16-6-4-3-5-7-16/h3-11,21H,12-13H2,1-2H3. The Bertz CT molecular complexity index is 1070. The van der Waals surface area contributed by atoms with E-state index in [-0.39, 0.29) is 23.6 Å². The number of esters is 1. The summed E-state index contributed by atoms with van der Waals surface area (Å²) in [7, 11) is -3.79. The van der Waals surface area contributed by atoms with Crippen LogP contribution in [0.1, 0.15) is 32.9 Å². The summed E-state index contributed by atoms with van der Waals surface area (Å²) < 4.78 is 38.1. The largest absolute Gasteiger partial charge is 0.455 e. The molecule has 0 amide bonds. The Morgan fingerprint density at radius 2 is 1.86 bits per heavy atom. The van der Waals surface area contributed by atoms with Crippen LogP contribution in [0.4, 0.5) is 0 Å². The van der Waals surface area contributed by atoms with E-state index in [0.717, 1.165) is 5.56 Å². The van der Waals surface area contributed by atoms with Gasteiger partial charge in [-0.1, -0.05) is 41.6 Å². The smallest absolute Gasteiger partial charge is 0.338 e. The summed E-state index contributed by atoms with van der Waals surface area (Å²) in [6, 6.07) is 15.3. The third kappa shape index (κ3) is 4.85. The normalized spacial score (nSPS) is 11.4. The van der Waals surface area contributed by atoms with Crippen LogP contribution in [0, 0.1) is 13.8 Å². The molecule has 8 heteroatoms. The predicted molar refractivity (Wildman–Crippen MR) is 102 cm³/mol. The summed E-state index contributed by atoms with van der Waals surface area (Å²) in [4.78, 5) is 12.3. The molecule has 1 aromatic heterocycles. The van der Waals surface area contributed by atoms with Crippen LogP contribution in [0.2, 0.25) is 0 Å². The Morgan fingerprint density at radius 3 is 2.54 bits per heavy atom. The highest BCUT2D eigenvalue weighted by molar-refractivity contribution is 7.89. The maximum Gasteiger partial charge on any atom is 0.338 e. The van der Waals surface area contributed by atoms with Gasteiger partial charge in [-0.25, -0.2) is 17.9 Å². The molecule has 0 unspecified atom stereocenters. The molecule has 1 heterocycles. The van der Waals surface area contributed by atoms with Crippen molar-refractivity contribution in [2.75, 3.05) is 0 Å². The number of ether oxygens (including phenoxy) is 1. The molecule has 146 valence electrons. The average molecular weight is 400 g/mol. The van der Waals surface area contributed by atoms with Crippen LogP contribution < -0.4 is 4.72 Å². The first-order valence-corrected chi connectivity index (χ1v) is 10.1. The highest BCUT2D eigenvalue weighted by Gasteiger charge is 2.20. The molecule has 0 radical (unpaired) electrons. The molecule has 3 rings (SSSR count). The third-order valence-electron chi connectivity index (χ3n) is 4.05. The first-order valence-electron chi connectivity index (χ1n) is 8.59. The van der Waals surface area contributed by atoms with Crippen molar-refractivity contribution in [2.24, 2.45) is 0 Å². The molecular formula is C20H20N2O5S. The summed E-state index contributed by atoms with van der Waals surface area (Å²) in [6.45, 7) is 3.50. The van der Waals surface area contributed by atoms with Crippen LogP contribution in [-0.2, 0) is 27.9 Å². The van der Waals surface area contributed by atoms with Crippen LogP contribution in [0.15, 0.2) is 64.0 Å². The van der Waals surface area contributed by atoms with Crippen LogP contribution in [-0.4, -0.2) is 19.5 Å². The van der Waals surface area contributed by atoms with Crippen molar-refractivity contribution in [2.45, 2.75) is 31.9 Å². The molecule has 0 aliphatic rings. The zero-order valence-electron chi connectivity index (χ0n) is 15.5. The molecule has 28 heavy (non-hydrogen) atoms. The molecule has 0 aliphatic carbocycles. The molecule has 0 atom stereocenters. The minimum atomic E-state index is -3.79. The molecule has 1 N–H and O–H groups in total. The van der Waals surface area contributed by atoms with Crippen LogP contribution in [0.25, 0.3) is 0 Å². The number of carbonyl (C=O) groups excluding carboxylic acids is 1. The SMILES string of the molecule is Cc1cc(COC(=O)c2ccc(C)c(S(=O)(=O)NCc3ccccc3)c2)no1. The quantitative estimate of drug-likeness (QED) is 0.612. The van der Waals surface area contributed by atoms with E-state index >= 15 is 0 Å². The molecule has 0 saturated carbocycles. The fraction of sp³-hybridized carbons (Fsp3) is 0.200. The van der Waals surface area contributed by atoms with Gasteiger partial charge in [-0.3, -0.25) is 0 Å². The van der Waals surface area contributed by atoms with Gasteiger partial charge in [0.2, 0.25) is 10.0 Å². The molecule has 7 nitrogen and oxygen atoms in total. The number of sulfonamides is 1. The van der Waals surface area contributed by atoms with Crippen molar-refractivity contribution in [1.29, 1.82) is 0 Å². The third-order valence-corrected chi connectivity index (χ3v) is 5.59. The van der Waals surface area contributed by atoms with Gasteiger partial charge in [0.05, 0.1) is 10.5 Å². The number of nitrogens with one attached hydrogen (secondary N) is 1. The number of rotatable bonds is 7. The maximum atomic E-state index is 12.7. The number of nitrogens with zero attached hydrogens (tertiary/aromatic N) is 1. The Hall–Kier alpha value is -2.97. The number of hydrogen-bond acceptors (Lipinski definition) is 6. The van der Waals surface area contributed by atoms with Gasteiger partial charge in [0.1, 0.15) is 18.1 Å². The minimum absolute atomic E-state index is 0.0372. The van der Waals surface area contributed by atoms with Crippen molar-refractivity contribution >= 4 is 16.0 Å². The fourth-order valence-corrected chi connectivity index (χ4v) is 3.86. The van der Waals surface area contributed by atoms with Crippen molar-refractivity contribution in [1.82, 2.24) is 9.88 Å². The van der Waals surface area contributed by atoms with Gasteiger partial charge in [0, 0.05) is 12.6 Å². The molecule has 3 aromatic rings. The Labute approximate surface area is 163 Å². The van der Waals surface area contributed by atoms with E-state index in [1.807, 2.05) is 30.3 Å². The van der Waals surface area contributed by atoms with E-state index in [0.29, 0.717) is 17.0 Å². The summed E-state index contributed by atoms with van der Waals surface area (Å²) >= 11 is 0. The van der Waals surface area contributed by atoms with Crippen molar-refractivity contribution in [3.8, 4) is 0 Å².